The Morgan fingerprint density at radius 1 is 1.29 bits per heavy atom. The molecule has 1 aromatic heterocycles. The summed E-state index contributed by atoms with van der Waals surface area (Å²) in [5, 5.41) is 0.0949. The zero-order valence-corrected chi connectivity index (χ0v) is 13.4. The number of aromatic nitrogens is 2. The lowest BCUT2D eigenvalue weighted by molar-refractivity contribution is 0.0684. The van der Waals surface area contributed by atoms with Crippen molar-refractivity contribution in [3.63, 3.8) is 0 Å². The molecule has 0 fully saturated rings. The van der Waals surface area contributed by atoms with Gasteiger partial charge in [0.25, 0.3) is 0 Å². The number of ether oxygens (including phenoxy) is 2. The Morgan fingerprint density at radius 3 is 2.86 bits per heavy atom. The second kappa shape index (κ2) is 7.89. The number of rotatable bonds is 8. The molecule has 0 aliphatic carbocycles. The van der Waals surface area contributed by atoms with Crippen LogP contribution < -0.4 is 0 Å². The molecule has 0 radical (unpaired) electrons. The zero-order chi connectivity index (χ0) is 15.2. The third kappa shape index (κ3) is 4.26. The molecule has 21 heavy (non-hydrogen) atoms. The van der Waals surface area contributed by atoms with Crippen molar-refractivity contribution >= 4 is 34.9 Å². The van der Waals surface area contributed by atoms with E-state index in [0.717, 1.165) is 23.9 Å². The number of benzene rings is 1. The van der Waals surface area contributed by atoms with Gasteiger partial charge in [0.2, 0.25) is 0 Å². The molecular formula is C14H18ClFN2O2S. The fourth-order valence-electron chi connectivity index (χ4n) is 2.09. The second-order valence-corrected chi connectivity index (χ2v) is 5.47. The zero-order valence-electron chi connectivity index (χ0n) is 11.8. The molecule has 0 aliphatic rings. The smallest absolute Gasteiger partial charge is 0.178 e. The van der Waals surface area contributed by atoms with Gasteiger partial charge < -0.3 is 19.0 Å². The molecule has 0 saturated heterocycles. The number of nitrogens with one attached hydrogen (secondary N) is 1. The monoisotopic (exact) mass is 332 g/mol. The molecule has 0 spiro atoms. The highest BCUT2D eigenvalue weighted by molar-refractivity contribution is 7.71. The third-order valence-electron chi connectivity index (χ3n) is 3.17. The topological polar surface area (TPSA) is 39.2 Å². The van der Waals surface area contributed by atoms with E-state index in [1.54, 1.807) is 13.2 Å². The van der Waals surface area contributed by atoms with Crippen LogP contribution in [0.3, 0.4) is 0 Å². The van der Waals surface area contributed by atoms with Crippen LogP contribution in [0, 0.1) is 10.6 Å². The summed E-state index contributed by atoms with van der Waals surface area (Å²) in [6.45, 7) is 2.60. The van der Waals surface area contributed by atoms with E-state index in [9.17, 15) is 4.39 Å². The third-order valence-corrected chi connectivity index (χ3v) is 3.78. The van der Waals surface area contributed by atoms with Crippen LogP contribution in [0.5, 0.6) is 0 Å². The van der Waals surface area contributed by atoms with Crippen LogP contribution in [0.15, 0.2) is 12.1 Å². The minimum atomic E-state index is -0.435. The molecule has 116 valence electrons. The van der Waals surface area contributed by atoms with Crippen molar-refractivity contribution in [3.05, 3.63) is 27.7 Å². The summed E-state index contributed by atoms with van der Waals surface area (Å²) in [4.78, 5) is 3.04. The number of fused-ring (bicyclic) bond motifs is 1. The van der Waals surface area contributed by atoms with Gasteiger partial charge in [-0.3, -0.25) is 0 Å². The maximum absolute atomic E-state index is 13.6. The molecule has 4 nitrogen and oxygen atoms in total. The van der Waals surface area contributed by atoms with Crippen LogP contribution in [-0.2, 0) is 16.0 Å². The summed E-state index contributed by atoms with van der Waals surface area (Å²) >= 11 is 11.0. The lowest BCUT2D eigenvalue weighted by atomic mass is 10.3. The van der Waals surface area contributed by atoms with Gasteiger partial charge in [0.05, 0.1) is 29.3 Å². The first-order valence-corrected chi connectivity index (χ1v) is 7.56. The Kier molecular flexibility index (Phi) is 6.17. The number of nitrogens with zero attached hydrogens (tertiary/aromatic N) is 1. The average Bonchev–Trinajstić information content (AvgIpc) is 2.74. The van der Waals surface area contributed by atoms with Gasteiger partial charge in [-0.1, -0.05) is 11.6 Å². The van der Waals surface area contributed by atoms with Gasteiger partial charge in [0, 0.05) is 26.3 Å². The predicted octanol–water partition coefficient (Wildman–Crippen LogP) is 3.93. The predicted molar refractivity (Wildman–Crippen MR) is 84.0 cm³/mol. The van der Waals surface area contributed by atoms with Gasteiger partial charge in [-0.2, -0.15) is 0 Å². The number of hydrogen-bond donors (Lipinski definition) is 1. The van der Waals surface area contributed by atoms with Crippen molar-refractivity contribution in [2.24, 2.45) is 0 Å². The number of H-pyrrole nitrogens is 1. The summed E-state index contributed by atoms with van der Waals surface area (Å²) in [5.41, 5.74) is 1.49. The maximum atomic E-state index is 13.6. The van der Waals surface area contributed by atoms with E-state index in [1.165, 1.54) is 6.07 Å². The van der Waals surface area contributed by atoms with Crippen molar-refractivity contribution in [2.75, 3.05) is 26.9 Å². The SMILES string of the molecule is COCCOCCCCn1c(=S)[nH]c2cc(Cl)c(F)cc21. The van der Waals surface area contributed by atoms with Crippen molar-refractivity contribution in [1.29, 1.82) is 0 Å². The molecule has 2 rings (SSSR count). The first kappa shape index (κ1) is 16.4. The first-order valence-electron chi connectivity index (χ1n) is 6.77. The fourth-order valence-corrected chi connectivity index (χ4v) is 2.56. The van der Waals surface area contributed by atoms with Crippen molar-refractivity contribution < 1.29 is 13.9 Å². The van der Waals surface area contributed by atoms with Gasteiger partial charge in [-0.25, -0.2) is 4.39 Å². The van der Waals surface area contributed by atoms with Gasteiger partial charge in [-0.05, 0) is 31.1 Å². The van der Waals surface area contributed by atoms with Crippen LogP contribution in [-0.4, -0.2) is 36.5 Å². The molecule has 0 aliphatic heterocycles. The Bertz CT molecular complexity index is 656. The quantitative estimate of drug-likeness (QED) is 0.588. The van der Waals surface area contributed by atoms with E-state index in [2.05, 4.69) is 4.98 Å². The van der Waals surface area contributed by atoms with E-state index in [0.29, 0.717) is 31.1 Å². The van der Waals surface area contributed by atoms with Crippen LogP contribution >= 0.6 is 23.8 Å². The summed E-state index contributed by atoms with van der Waals surface area (Å²) in [7, 11) is 1.65. The van der Waals surface area contributed by atoms with E-state index >= 15 is 0 Å². The van der Waals surface area contributed by atoms with E-state index in [4.69, 9.17) is 33.3 Å². The van der Waals surface area contributed by atoms with E-state index in [-0.39, 0.29) is 5.02 Å². The van der Waals surface area contributed by atoms with Crippen LogP contribution in [0.1, 0.15) is 12.8 Å². The molecule has 1 aromatic carbocycles. The van der Waals surface area contributed by atoms with Gasteiger partial charge in [-0.15, -0.1) is 0 Å². The minimum Gasteiger partial charge on any atom is -0.382 e. The normalized spacial score (nSPS) is 11.4. The van der Waals surface area contributed by atoms with Gasteiger partial charge in [0.1, 0.15) is 5.82 Å². The first-order chi connectivity index (χ1) is 10.1. The minimum absolute atomic E-state index is 0.0949. The lowest BCUT2D eigenvalue weighted by Gasteiger charge is -2.06. The van der Waals surface area contributed by atoms with Gasteiger partial charge in [0.15, 0.2) is 4.77 Å². The van der Waals surface area contributed by atoms with Gasteiger partial charge >= 0.3 is 0 Å². The molecule has 1 N–H and O–H groups in total. The Hall–Kier alpha value is -0.950. The van der Waals surface area contributed by atoms with Crippen LogP contribution in [0.4, 0.5) is 4.39 Å². The average molecular weight is 333 g/mol. The summed E-state index contributed by atoms with van der Waals surface area (Å²) in [5.74, 6) is -0.435. The Balaban J connectivity index is 1.94. The number of methoxy groups -OCH3 is 1. The van der Waals surface area contributed by atoms with Crippen molar-refractivity contribution in [3.8, 4) is 0 Å². The number of hydrogen-bond acceptors (Lipinski definition) is 3. The van der Waals surface area contributed by atoms with E-state index in [1.807, 2.05) is 4.57 Å². The van der Waals surface area contributed by atoms with Crippen molar-refractivity contribution in [2.45, 2.75) is 19.4 Å². The molecule has 0 unspecified atom stereocenters. The molecule has 0 bridgehead atoms. The largest absolute Gasteiger partial charge is 0.382 e. The lowest BCUT2D eigenvalue weighted by Crippen LogP contribution is -2.04. The fraction of sp³-hybridized carbons (Fsp3) is 0.500. The van der Waals surface area contributed by atoms with Crippen molar-refractivity contribution in [1.82, 2.24) is 9.55 Å². The highest BCUT2D eigenvalue weighted by atomic mass is 35.5. The molecular weight excluding hydrogens is 315 g/mol. The summed E-state index contributed by atoms with van der Waals surface area (Å²) in [6.07, 6.45) is 1.81. The van der Waals surface area contributed by atoms with Crippen LogP contribution in [0.25, 0.3) is 11.0 Å². The Morgan fingerprint density at radius 2 is 2.10 bits per heavy atom. The molecule has 0 atom stereocenters. The number of aromatic amines is 1. The molecule has 1 heterocycles. The highest BCUT2D eigenvalue weighted by Gasteiger charge is 2.08. The second-order valence-electron chi connectivity index (χ2n) is 4.68. The standard InChI is InChI=1S/C14H18ClFN2O2S/c1-19-6-7-20-5-3-2-4-18-13-9-11(16)10(15)8-12(13)17-14(18)21/h8-9H,2-7H2,1H3,(H,17,21). The molecule has 0 amide bonds. The number of imidazole rings is 1. The molecule has 7 heteroatoms. The number of halogens is 2. The van der Waals surface area contributed by atoms with Crippen LogP contribution in [0.2, 0.25) is 5.02 Å². The number of unbranched alkanes of at least 4 members (excludes halogenated alkanes) is 1. The van der Waals surface area contributed by atoms with E-state index < -0.39 is 5.82 Å². The maximum Gasteiger partial charge on any atom is 0.178 e. The number of aryl methyl sites for hydroxylation is 1. The Labute approximate surface area is 132 Å². The summed E-state index contributed by atoms with van der Waals surface area (Å²) in [6, 6.07) is 2.98. The summed E-state index contributed by atoms with van der Waals surface area (Å²) < 4.78 is 26.3. The molecule has 0 saturated carbocycles. The highest BCUT2D eigenvalue weighted by Crippen LogP contribution is 2.23. The molecule has 2 aromatic rings.